The van der Waals surface area contributed by atoms with Crippen molar-refractivity contribution in [1.29, 1.82) is 0 Å². The molecule has 0 aliphatic rings. The highest BCUT2D eigenvalue weighted by Crippen LogP contribution is 2.27. The summed E-state index contributed by atoms with van der Waals surface area (Å²) in [4.78, 5) is 19.1. The molecule has 3 rings (SSSR count). The number of nitrogens with one attached hydrogen (secondary N) is 1. The predicted molar refractivity (Wildman–Crippen MR) is 120 cm³/mol. The first kappa shape index (κ1) is 22.3. The normalized spacial score (nSPS) is 12.4. The van der Waals surface area contributed by atoms with Crippen LogP contribution >= 0.6 is 23.2 Å². The maximum atomic E-state index is 12.6. The van der Waals surface area contributed by atoms with Gasteiger partial charge in [-0.1, -0.05) is 65.7 Å². The van der Waals surface area contributed by atoms with Crippen LogP contribution in [-0.2, 0) is 13.1 Å². The van der Waals surface area contributed by atoms with Crippen LogP contribution in [0.2, 0.25) is 10.0 Å². The van der Waals surface area contributed by atoms with Crippen molar-refractivity contribution in [1.82, 2.24) is 15.2 Å². The molecular weight excluding hydrogens is 421 g/mol. The Bertz CT molecular complexity index is 989. The molecule has 1 N–H and O–H groups in total. The van der Waals surface area contributed by atoms with E-state index < -0.39 is 0 Å². The van der Waals surface area contributed by atoms with Crippen LogP contribution in [0.4, 0.5) is 0 Å². The number of carbonyl (C=O) groups is 1. The molecule has 0 spiro atoms. The second-order valence-electron chi connectivity index (χ2n) is 7.44. The summed E-state index contributed by atoms with van der Waals surface area (Å²) in [5.74, 6) is 0.203. The monoisotopic (exact) mass is 445 g/mol. The summed E-state index contributed by atoms with van der Waals surface area (Å²) in [6.45, 7) is 7.13. The molecule has 1 aromatic heterocycles. The topological polar surface area (TPSA) is 58.4 Å². The van der Waals surface area contributed by atoms with Crippen molar-refractivity contribution in [3.63, 3.8) is 0 Å². The van der Waals surface area contributed by atoms with Crippen molar-refractivity contribution >= 4 is 29.1 Å². The van der Waals surface area contributed by atoms with E-state index in [1.54, 1.807) is 6.07 Å². The highest BCUT2D eigenvalue weighted by Gasteiger charge is 2.19. The quantitative estimate of drug-likeness (QED) is 0.469. The average molecular weight is 446 g/mol. The van der Waals surface area contributed by atoms with Gasteiger partial charge in [-0.25, -0.2) is 4.98 Å². The Balaban J connectivity index is 1.66. The lowest BCUT2D eigenvalue weighted by Gasteiger charge is -2.25. The van der Waals surface area contributed by atoms with Gasteiger partial charge in [0.1, 0.15) is 6.26 Å². The van der Waals surface area contributed by atoms with Crippen LogP contribution in [0.1, 0.15) is 54.3 Å². The molecule has 0 aliphatic carbocycles. The third kappa shape index (κ3) is 5.63. The van der Waals surface area contributed by atoms with E-state index in [9.17, 15) is 4.79 Å². The molecule has 1 atom stereocenters. The summed E-state index contributed by atoms with van der Waals surface area (Å²) < 4.78 is 5.57. The number of hydrogen-bond donors (Lipinski definition) is 1. The van der Waals surface area contributed by atoms with E-state index in [-0.39, 0.29) is 23.7 Å². The van der Waals surface area contributed by atoms with E-state index >= 15 is 0 Å². The molecule has 30 heavy (non-hydrogen) atoms. The number of benzene rings is 2. The SMILES string of the molecule is CC(NC(=O)c1coc(CN(Cc2cccc(Cl)c2Cl)C(C)C)n1)c1ccccc1. The molecule has 0 radical (unpaired) electrons. The number of hydrogen-bond acceptors (Lipinski definition) is 4. The number of nitrogens with zero attached hydrogens (tertiary/aromatic N) is 2. The maximum absolute atomic E-state index is 12.6. The number of halogens is 2. The first-order valence-electron chi connectivity index (χ1n) is 9.82. The summed E-state index contributed by atoms with van der Waals surface area (Å²) in [5.41, 5.74) is 2.22. The summed E-state index contributed by atoms with van der Waals surface area (Å²) in [6, 6.07) is 15.4. The van der Waals surface area contributed by atoms with Crippen molar-refractivity contribution in [3.8, 4) is 0 Å². The van der Waals surface area contributed by atoms with Gasteiger partial charge in [0.2, 0.25) is 5.89 Å². The van der Waals surface area contributed by atoms with E-state index in [1.165, 1.54) is 6.26 Å². The van der Waals surface area contributed by atoms with E-state index in [4.69, 9.17) is 27.6 Å². The molecule has 0 bridgehead atoms. The predicted octanol–water partition coefficient (Wildman–Crippen LogP) is 5.88. The number of aromatic nitrogens is 1. The standard InChI is InChI=1S/C23H25Cl2N3O2/c1-15(2)28(12-18-10-7-11-19(24)22(18)25)13-21-27-20(14-30-21)23(29)26-16(3)17-8-5-4-6-9-17/h4-11,14-16H,12-13H2,1-3H3,(H,26,29). The van der Waals surface area contributed by atoms with Crippen LogP contribution in [0, 0.1) is 0 Å². The van der Waals surface area contributed by atoms with Crippen LogP contribution in [-0.4, -0.2) is 21.8 Å². The molecule has 3 aromatic rings. The third-order valence-corrected chi connectivity index (χ3v) is 5.76. The molecular formula is C23H25Cl2N3O2. The summed E-state index contributed by atoms with van der Waals surface area (Å²) in [6.07, 6.45) is 1.40. The molecule has 5 nitrogen and oxygen atoms in total. The average Bonchev–Trinajstić information content (AvgIpc) is 3.20. The van der Waals surface area contributed by atoms with E-state index in [2.05, 4.69) is 29.0 Å². The van der Waals surface area contributed by atoms with Gasteiger partial charge in [-0.2, -0.15) is 0 Å². The highest BCUT2D eigenvalue weighted by atomic mass is 35.5. The van der Waals surface area contributed by atoms with Crippen LogP contribution < -0.4 is 5.32 Å². The highest BCUT2D eigenvalue weighted by molar-refractivity contribution is 6.42. The Morgan fingerprint density at radius 2 is 1.80 bits per heavy atom. The van der Waals surface area contributed by atoms with E-state index in [0.29, 0.717) is 29.0 Å². The Hall–Kier alpha value is -2.34. The Labute approximate surface area is 187 Å². The lowest BCUT2D eigenvalue weighted by molar-refractivity contribution is 0.0934. The van der Waals surface area contributed by atoms with Gasteiger partial charge in [-0.05, 0) is 38.0 Å². The van der Waals surface area contributed by atoms with E-state index in [1.807, 2.05) is 49.4 Å². The molecule has 158 valence electrons. The van der Waals surface area contributed by atoms with Gasteiger partial charge >= 0.3 is 0 Å². The maximum Gasteiger partial charge on any atom is 0.273 e. The lowest BCUT2D eigenvalue weighted by Crippen LogP contribution is -2.30. The first-order chi connectivity index (χ1) is 14.3. The van der Waals surface area contributed by atoms with Gasteiger partial charge in [0.15, 0.2) is 5.69 Å². The minimum Gasteiger partial charge on any atom is -0.447 e. The van der Waals surface area contributed by atoms with Crippen LogP contribution in [0.3, 0.4) is 0 Å². The van der Waals surface area contributed by atoms with Gasteiger partial charge in [-0.15, -0.1) is 0 Å². The lowest BCUT2D eigenvalue weighted by atomic mass is 10.1. The Morgan fingerprint density at radius 1 is 1.07 bits per heavy atom. The van der Waals surface area contributed by atoms with Crippen molar-refractivity contribution in [3.05, 3.63) is 87.6 Å². The number of amides is 1. The molecule has 1 amide bonds. The van der Waals surface area contributed by atoms with Crippen LogP contribution in [0.5, 0.6) is 0 Å². The van der Waals surface area contributed by atoms with Crippen molar-refractivity contribution in [2.75, 3.05) is 0 Å². The molecule has 2 aromatic carbocycles. The fraction of sp³-hybridized carbons (Fsp3) is 0.304. The number of rotatable bonds is 8. The molecule has 1 unspecified atom stereocenters. The zero-order chi connectivity index (χ0) is 21.7. The summed E-state index contributed by atoms with van der Waals surface area (Å²) in [5, 5.41) is 4.02. The third-order valence-electron chi connectivity index (χ3n) is 4.91. The van der Waals surface area contributed by atoms with Gasteiger partial charge < -0.3 is 9.73 Å². The minimum atomic E-state index is -0.268. The second kappa shape index (κ2) is 10.1. The zero-order valence-corrected chi connectivity index (χ0v) is 18.7. The summed E-state index contributed by atoms with van der Waals surface area (Å²) >= 11 is 12.5. The van der Waals surface area contributed by atoms with Crippen LogP contribution in [0.15, 0.2) is 59.2 Å². The zero-order valence-electron chi connectivity index (χ0n) is 17.2. The summed E-state index contributed by atoms with van der Waals surface area (Å²) in [7, 11) is 0. The van der Waals surface area contributed by atoms with Gasteiger partial charge in [-0.3, -0.25) is 9.69 Å². The van der Waals surface area contributed by atoms with Crippen molar-refractivity contribution in [2.24, 2.45) is 0 Å². The second-order valence-corrected chi connectivity index (χ2v) is 8.23. The first-order valence-corrected chi connectivity index (χ1v) is 10.6. The largest absolute Gasteiger partial charge is 0.447 e. The molecule has 0 saturated heterocycles. The number of oxazole rings is 1. The Kier molecular flexibility index (Phi) is 7.53. The van der Waals surface area contributed by atoms with Gasteiger partial charge in [0.25, 0.3) is 5.91 Å². The molecule has 0 aliphatic heterocycles. The smallest absolute Gasteiger partial charge is 0.273 e. The van der Waals surface area contributed by atoms with E-state index in [0.717, 1.165) is 11.1 Å². The van der Waals surface area contributed by atoms with Crippen LogP contribution in [0.25, 0.3) is 0 Å². The van der Waals surface area contributed by atoms with Crippen molar-refractivity contribution < 1.29 is 9.21 Å². The molecule has 0 fully saturated rings. The fourth-order valence-electron chi connectivity index (χ4n) is 3.07. The molecule has 1 heterocycles. The Morgan fingerprint density at radius 3 is 2.50 bits per heavy atom. The molecule has 0 saturated carbocycles. The van der Waals surface area contributed by atoms with Gasteiger partial charge in [0.05, 0.1) is 22.6 Å². The minimum absolute atomic E-state index is 0.129. The van der Waals surface area contributed by atoms with Gasteiger partial charge in [0, 0.05) is 12.6 Å². The fourth-order valence-corrected chi connectivity index (χ4v) is 3.45. The number of carbonyl (C=O) groups excluding carboxylic acids is 1. The van der Waals surface area contributed by atoms with Crippen molar-refractivity contribution in [2.45, 2.75) is 45.9 Å². The molecule has 7 heteroatoms.